The summed E-state index contributed by atoms with van der Waals surface area (Å²) in [6, 6.07) is 0. The smallest absolute Gasteiger partial charge is 0.131 e. The van der Waals surface area contributed by atoms with E-state index in [2.05, 4.69) is 23.8 Å². The van der Waals surface area contributed by atoms with Crippen molar-refractivity contribution in [1.82, 2.24) is 9.97 Å². The van der Waals surface area contributed by atoms with E-state index in [1.165, 1.54) is 18.4 Å². The number of hydrogen-bond acceptors (Lipinski definition) is 2. The van der Waals surface area contributed by atoms with E-state index in [4.69, 9.17) is 0 Å². The van der Waals surface area contributed by atoms with Crippen LogP contribution in [0.15, 0.2) is 6.20 Å². The Balaban J connectivity index is 2.30. The third-order valence-corrected chi connectivity index (χ3v) is 2.42. The second-order valence-electron chi connectivity index (χ2n) is 3.47. The lowest BCUT2D eigenvalue weighted by atomic mass is 10.2. The first-order chi connectivity index (χ1) is 5.81. The van der Waals surface area contributed by atoms with E-state index in [1.807, 2.05) is 6.20 Å². The van der Waals surface area contributed by atoms with Crippen molar-refractivity contribution < 1.29 is 0 Å². The molecule has 1 aromatic rings. The Labute approximate surface area is 73.1 Å². The highest BCUT2D eigenvalue weighted by Gasteiger charge is 2.26. The van der Waals surface area contributed by atoms with Gasteiger partial charge in [0.2, 0.25) is 0 Å². The molecule has 64 valence electrons. The Bertz CT molecular complexity index is 290. The van der Waals surface area contributed by atoms with Gasteiger partial charge in [-0.25, -0.2) is 9.97 Å². The molecule has 2 rings (SSSR count). The average molecular weight is 162 g/mol. The Hall–Kier alpha value is -0.920. The minimum absolute atomic E-state index is 0.676. The van der Waals surface area contributed by atoms with E-state index in [-0.39, 0.29) is 0 Å². The van der Waals surface area contributed by atoms with Crippen molar-refractivity contribution >= 4 is 0 Å². The van der Waals surface area contributed by atoms with E-state index in [9.17, 15) is 0 Å². The molecule has 0 saturated heterocycles. The molecular formula is C10H14N2. The van der Waals surface area contributed by atoms with Gasteiger partial charge in [-0.05, 0) is 31.7 Å². The fourth-order valence-corrected chi connectivity index (χ4v) is 1.40. The Morgan fingerprint density at radius 3 is 2.75 bits per heavy atom. The fraction of sp³-hybridized carbons (Fsp3) is 0.600. The molecule has 0 N–H and O–H groups in total. The second kappa shape index (κ2) is 2.85. The van der Waals surface area contributed by atoms with Crippen LogP contribution in [0.4, 0.5) is 0 Å². The lowest BCUT2D eigenvalue weighted by Gasteiger charge is -2.02. The molecule has 0 aliphatic heterocycles. The first-order valence-electron chi connectivity index (χ1n) is 4.63. The minimum atomic E-state index is 0.676. The number of aromatic nitrogens is 2. The summed E-state index contributed by atoms with van der Waals surface area (Å²) in [7, 11) is 0. The van der Waals surface area contributed by atoms with E-state index in [0.717, 1.165) is 17.9 Å². The molecule has 0 unspecified atom stereocenters. The number of nitrogens with zero attached hydrogens (tertiary/aromatic N) is 2. The predicted molar refractivity (Wildman–Crippen MR) is 48.1 cm³/mol. The van der Waals surface area contributed by atoms with E-state index >= 15 is 0 Å². The van der Waals surface area contributed by atoms with Gasteiger partial charge in [0.05, 0.1) is 0 Å². The summed E-state index contributed by atoms with van der Waals surface area (Å²) in [5, 5.41) is 0. The van der Waals surface area contributed by atoms with Crippen LogP contribution in [0.25, 0.3) is 0 Å². The van der Waals surface area contributed by atoms with Gasteiger partial charge in [0.25, 0.3) is 0 Å². The lowest BCUT2D eigenvalue weighted by molar-refractivity contribution is 0.877. The van der Waals surface area contributed by atoms with Crippen molar-refractivity contribution in [3.63, 3.8) is 0 Å². The number of hydrogen-bond donors (Lipinski definition) is 0. The molecule has 2 heteroatoms. The normalized spacial score (nSPS) is 16.5. The molecule has 1 saturated carbocycles. The van der Waals surface area contributed by atoms with Gasteiger partial charge in [-0.3, -0.25) is 0 Å². The van der Waals surface area contributed by atoms with Gasteiger partial charge in [0.1, 0.15) is 5.82 Å². The van der Waals surface area contributed by atoms with Crippen LogP contribution in [-0.4, -0.2) is 9.97 Å². The minimum Gasteiger partial charge on any atom is -0.241 e. The molecular weight excluding hydrogens is 148 g/mol. The van der Waals surface area contributed by atoms with Crippen molar-refractivity contribution in [3.05, 3.63) is 23.3 Å². The highest BCUT2D eigenvalue weighted by atomic mass is 14.9. The Morgan fingerprint density at radius 1 is 1.50 bits per heavy atom. The second-order valence-corrected chi connectivity index (χ2v) is 3.47. The summed E-state index contributed by atoms with van der Waals surface area (Å²) >= 11 is 0. The number of rotatable bonds is 2. The summed E-state index contributed by atoms with van der Waals surface area (Å²) in [6.45, 7) is 4.22. The van der Waals surface area contributed by atoms with Crippen LogP contribution in [0.1, 0.15) is 42.8 Å². The molecule has 0 spiro atoms. The first-order valence-corrected chi connectivity index (χ1v) is 4.63. The molecule has 0 radical (unpaired) electrons. The summed E-state index contributed by atoms with van der Waals surface area (Å²) < 4.78 is 0. The van der Waals surface area contributed by atoms with E-state index < -0.39 is 0 Å². The molecule has 1 fully saturated rings. The molecule has 1 aliphatic carbocycles. The summed E-state index contributed by atoms with van der Waals surface area (Å²) in [4.78, 5) is 8.86. The molecule has 1 heterocycles. The molecule has 2 nitrogen and oxygen atoms in total. The van der Waals surface area contributed by atoms with Crippen molar-refractivity contribution in [2.45, 2.75) is 39.0 Å². The summed E-state index contributed by atoms with van der Waals surface area (Å²) in [5.41, 5.74) is 2.44. The van der Waals surface area contributed by atoms with Gasteiger partial charge in [-0.15, -0.1) is 0 Å². The quantitative estimate of drug-likeness (QED) is 0.666. The zero-order chi connectivity index (χ0) is 8.55. The average Bonchev–Trinajstić information content (AvgIpc) is 2.86. The first kappa shape index (κ1) is 7.71. The Morgan fingerprint density at radius 2 is 2.25 bits per heavy atom. The fourth-order valence-electron chi connectivity index (χ4n) is 1.40. The standard InChI is InChI=1S/C10H14N2/c1-3-8-6-11-10(9-4-5-9)12-7(8)2/h6,9H,3-5H2,1-2H3. The van der Waals surface area contributed by atoms with E-state index in [1.54, 1.807) is 0 Å². The van der Waals surface area contributed by atoms with Crippen molar-refractivity contribution in [2.24, 2.45) is 0 Å². The van der Waals surface area contributed by atoms with Crippen LogP contribution in [0.5, 0.6) is 0 Å². The zero-order valence-corrected chi connectivity index (χ0v) is 7.67. The summed E-state index contributed by atoms with van der Waals surface area (Å²) in [5.74, 6) is 1.74. The monoisotopic (exact) mass is 162 g/mol. The summed E-state index contributed by atoms with van der Waals surface area (Å²) in [6.07, 6.45) is 5.59. The van der Waals surface area contributed by atoms with Gasteiger partial charge in [-0.1, -0.05) is 6.92 Å². The maximum Gasteiger partial charge on any atom is 0.131 e. The van der Waals surface area contributed by atoms with Crippen LogP contribution in [-0.2, 0) is 6.42 Å². The molecule has 0 atom stereocenters. The van der Waals surface area contributed by atoms with Gasteiger partial charge >= 0.3 is 0 Å². The topological polar surface area (TPSA) is 25.8 Å². The molecule has 1 aliphatic rings. The van der Waals surface area contributed by atoms with Crippen LogP contribution < -0.4 is 0 Å². The van der Waals surface area contributed by atoms with Gasteiger partial charge in [-0.2, -0.15) is 0 Å². The van der Waals surface area contributed by atoms with Gasteiger partial charge in [0.15, 0.2) is 0 Å². The highest BCUT2D eigenvalue weighted by Crippen LogP contribution is 2.37. The van der Waals surface area contributed by atoms with Gasteiger partial charge in [0, 0.05) is 17.8 Å². The SMILES string of the molecule is CCc1cnc(C2CC2)nc1C. The van der Waals surface area contributed by atoms with Crippen LogP contribution >= 0.6 is 0 Å². The molecule has 12 heavy (non-hydrogen) atoms. The third-order valence-electron chi connectivity index (χ3n) is 2.42. The molecule has 0 amide bonds. The predicted octanol–water partition coefficient (Wildman–Crippen LogP) is 2.22. The van der Waals surface area contributed by atoms with Crippen LogP contribution in [0, 0.1) is 6.92 Å². The molecule has 0 bridgehead atoms. The van der Waals surface area contributed by atoms with Crippen molar-refractivity contribution in [2.75, 3.05) is 0 Å². The molecule has 0 aromatic carbocycles. The van der Waals surface area contributed by atoms with E-state index in [0.29, 0.717) is 5.92 Å². The maximum absolute atomic E-state index is 4.49. The lowest BCUT2D eigenvalue weighted by Crippen LogP contribution is -1.98. The van der Waals surface area contributed by atoms with Crippen molar-refractivity contribution in [1.29, 1.82) is 0 Å². The van der Waals surface area contributed by atoms with Crippen LogP contribution in [0.3, 0.4) is 0 Å². The number of aryl methyl sites for hydroxylation is 2. The van der Waals surface area contributed by atoms with Gasteiger partial charge < -0.3 is 0 Å². The largest absolute Gasteiger partial charge is 0.241 e. The van der Waals surface area contributed by atoms with Crippen LogP contribution in [0.2, 0.25) is 0 Å². The van der Waals surface area contributed by atoms with Crippen molar-refractivity contribution in [3.8, 4) is 0 Å². The zero-order valence-electron chi connectivity index (χ0n) is 7.67. The third kappa shape index (κ3) is 1.33. The Kier molecular flexibility index (Phi) is 1.83. The highest BCUT2D eigenvalue weighted by molar-refractivity contribution is 5.18. The molecule has 1 aromatic heterocycles. The maximum atomic E-state index is 4.49.